The second-order valence-electron chi connectivity index (χ2n) is 4.41. The van der Waals surface area contributed by atoms with Gasteiger partial charge in [0.25, 0.3) is 0 Å². The lowest BCUT2D eigenvalue weighted by atomic mass is 10.1. The van der Waals surface area contributed by atoms with E-state index < -0.39 is 0 Å². The van der Waals surface area contributed by atoms with Gasteiger partial charge in [0, 0.05) is 6.54 Å². The zero-order chi connectivity index (χ0) is 12.7. The Hall–Kier alpha value is -1.51. The topological polar surface area (TPSA) is 38.3 Å². The van der Waals surface area contributed by atoms with Crippen molar-refractivity contribution in [1.29, 1.82) is 0 Å². The molecule has 0 radical (unpaired) electrons. The quantitative estimate of drug-likeness (QED) is 0.738. The van der Waals surface area contributed by atoms with Gasteiger partial charge in [-0.2, -0.15) is 0 Å². The van der Waals surface area contributed by atoms with E-state index in [1.54, 1.807) is 0 Å². The number of ether oxygens (including phenoxy) is 1. The number of carbonyl (C=O) groups excluding carboxylic acids is 1. The minimum Gasteiger partial charge on any atom is -0.493 e. The number of hydrogen-bond acceptors (Lipinski definition) is 2. The van der Waals surface area contributed by atoms with E-state index in [1.807, 2.05) is 25.1 Å². The maximum Gasteiger partial charge on any atom is 0.207 e. The third kappa shape index (κ3) is 4.47. The summed E-state index contributed by atoms with van der Waals surface area (Å²) in [6.07, 6.45) is 1.84. The Bertz CT molecular complexity index is 363. The molecule has 1 atom stereocenters. The monoisotopic (exact) mass is 235 g/mol. The number of benzene rings is 1. The summed E-state index contributed by atoms with van der Waals surface area (Å²) in [5, 5.41) is 2.66. The molecule has 0 saturated carbocycles. The van der Waals surface area contributed by atoms with E-state index in [9.17, 15) is 4.79 Å². The molecule has 0 aliphatic carbocycles. The maximum absolute atomic E-state index is 10.2. The Balaban J connectivity index is 2.58. The van der Waals surface area contributed by atoms with Crippen molar-refractivity contribution in [2.75, 3.05) is 6.61 Å². The molecule has 17 heavy (non-hydrogen) atoms. The van der Waals surface area contributed by atoms with E-state index in [0.717, 1.165) is 29.9 Å². The van der Waals surface area contributed by atoms with Crippen LogP contribution in [0.5, 0.6) is 5.75 Å². The highest BCUT2D eigenvalue weighted by molar-refractivity contribution is 5.47. The molecule has 0 spiro atoms. The van der Waals surface area contributed by atoms with E-state index in [-0.39, 0.29) is 0 Å². The molecule has 0 unspecified atom stereocenters. The molecule has 3 heteroatoms. The Morgan fingerprint density at radius 2 is 2.24 bits per heavy atom. The van der Waals surface area contributed by atoms with Crippen molar-refractivity contribution in [3.63, 3.8) is 0 Å². The number of rotatable bonds is 7. The summed E-state index contributed by atoms with van der Waals surface area (Å²) in [5.41, 5.74) is 2.26. The van der Waals surface area contributed by atoms with Crippen molar-refractivity contribution in [2.45, 2.75) is 33.7 Å². The Labute approximate surface area is 103 Å². The minimum absolute atomic E-state index is 0.570. The van der Waals surface area contributed by atoms with Gasteiger partial charge in [-0.05, 0) is 36.1 Å². The Morgan fingerprint density at radius 3 is 2.82 bits per heavy atom. The summed E-state index contributed by atoms with van der Waals surface area (Å²) in [5.74, 6) is 1.48. The van der Waals surface area contributed by atoms with Gasteiger partial charge in [-0.3, -0.25) is 4.79 Å². The van der Waals surface area contributed by atoms with Crippen molar-refractivity contribution in [3.8, 4) is 5.75 Å². The molecule has 94 valence electrons. The fourth-order valence-corrected chi connectivity index (χ4v) is 1.46. The van der Waals surface area contributed by atoms with Gasteiger partial charge < -0.3 is 10.1 Å². The van der Waals surface area contributed by atoms with Crippen molar-refractivity contribution < 1.29 is 9.53 Å². The normalized spacial score (nSPS) is 11.9. The SMILES string of the molecule is CC[C@H](C)COc1ccc(CNC=O)c(C)c1. The molecule has 0 aromatic heterocycles. The first-order chi connectivity index (χ1) is 8.17. The van der Waals surface area contributed by atoms with E-state index in [1.165, 1.54) is 0 Å². The molecule has 0 fully saturated rings. The van der Waals surface area contributed by atoms with Crippen LogP contribution in [0.4, 0.5) is 0 Å². The number of amides is 1. The van der Waals surface area contributed by atoms with Gasteiger partial charge >= 0.3 is 0 Å². The van der Waals surface area contributed by atoms with Gasteiger partial charge in [0.2, 0.25) is 6.41 Å². The molecule has 0 aliphatic rings. The highest BCUT2D eigenvalue weighted by Gasteiger charge is 2.03. The number of carbonyl (C=O) groups is 1. The molecule has 0 aliphatic heterocycles. The first-order valence-electron chi connectivity index (χ1n) is 6.06. The minimum atomic E-state index is 0.570. The van der Waals surface area contributed by atoms with Crippen LogP contribution in [-0.2, 0) is 11.3 Å². The van der Waals surface area contributed by atoms with E-state index >= 15 is 0 Å². The summed E-state index contributed by atoms with van der Waals surface area (Å²) in [6, 6.07) is 5.97. The first kappa shape index (κ1) is 13.6. The number of aryl methyl sites for hydroxylation is 1. The second-order valence-corrected chi connectivity index (χ2v) is 4.41. The molecule has 1 rings (SSSR count). The number of nitrogens with one attached hydrogen (secondary N) is 1. The van der Waals surface area contributed by atoms with Gasteiger partial charge in [0.15, 0.2) is 0 Å². The van der Waals surface area contributed by atoms with Crippen LogP contribution in [0.15, 0.2) is 18.2 Å². The third-order valence-corrected chi connectivity index (χ3v) is 2.92. The second kappa shape index (κ2) is 6.94. The molecule has 1 N–H and O–H groups in total. The van der Waals surface area contributed by atoms with E-state index in [4.69, 9.17) is 4.74 Å². The summed E-state index contributed by atoms with van der Waals surface area (Å²) in [6.45, 7) is 7.68. The fraction of sp³-hybridized carbons (Fsp3) is 0.500. The zero-order valence-corrected chi connectivity index (χ0v) is 10.8. The molecule has 1 aromatic rings. The lowest BCUT2D eigenvalue weighted by Gasteiger charge is -2.12. The van der Waals surface area contributed by atoms with Crippen molar-refractivity contribution in [1.82, 2.24) is 5.32 Å². The molecule has 0 saturated heterocycles. The maximum atomic E-state index is 10.2. The van der Waals surface area contributed by atoms with Crippen LogP contribution in [0, 0.1) is 12.8 Å². The smallest absolute Gasteiger partial charge is 0.207 e. The van der Waals surface area contributed by atoms with Crippen molar-refractivity contribution in [2.24, 2.45) is 5.92 Å². The van der Waals surface area contributed by atoms with E-state index in [2.05, 4.69) is 19.2 Å². The standard InChI is InChI=1S/C14H21NO2/c1-4-11(2)9-17-14-6-5-13(8-15-10-16)12(3)7-14/h5-7,10-11H,4,8-9H2,1-3H3,(H,15,16)/t11-/m0/s1. The largest absolute Gasteiger partial charge is 0.493 e. The average molecular weight is 235 g/mol. The van der Waals surface area contributed by atoms with Gasteiger partial charge in [0.05, 0.1) is 6.61 Å². The lowest BCUT2D eigenvalue weighted by Crippen LogP contribution is -2.11. The van der Waals surface area contributed by atoms with Crippen molar-refractivity contribution in [3.05, 3.63) is 29.3 Å². The molecular formula is C14H21NO2. The fourth-order valence-electron chi connectivity index (χ4n) is 1.46. The predicted molar refractivity (Wildman–Crippen MR) is 69.0 cm³/mol. The number of hydrogen-bond donors (Lipinski definition) is 1. The Morgan fingerprint density at radius 1 is 1.47 bits per heavy atom. The van der Waals surface area contributed by atoms with Crippen LogP contribution in [0.3, 0.4) is 0 Å². The summed E-state index contributed by atoms with van der Waals surface area (Å²) in [7, 11) is 0. The van der Waals surface area contributed by atoms with Gasteiger partial charge in [-0.25, -0.2) is 0 Å². The average Bonchev–Trinajstić information content (AvgIpc) is 2.34. The van der Waals surface area contributed by atoms with Gasteiger partial charge in [-0.1, -0.05) is 26.3 Å². The predicted octanol–water partition coefficient (Wildman–Crippen LogP) is 2.67. The molecule has 0 bridgehead atoms. The highest BCUT2D eigenvalue weighted by atomic mass is 16.5. The van der Waals surface area contributed by atoms with Crippen LogP contribution in [0.2, 0.25) is 0 Å². The molecule has 1 aromatic carbocycles. The lowest BCUT2D eigenvalue weighted by molar-refractivity contribution is -0.109. The van der Waals surface area contributed by atoms with Crippen LogP contribution < -0.4 is 10.1 Å². The van der Waals surface area contributed by atoms with E-state index in [0.29, 0.717) is 18.9 Å². The molecule has 0 heterocycles. The van der Waals surface area contributed by atoms with Crippen LogP contribution >= 0.6 is 0 Å². The third-order valence-electron chi connectivity index (χ3n) is 2.92. The Kier molecular flexibility index (Phi) is 5.53. The zero-order valence-electron chi connectivity index (χ0n) is 10.8. The first-order valence-corrected chi connectivity index (χ1v) is 6.06. The molecule has 3 nitrogen and oxygen atoms in total. The molecule has 1 amide bonds. The van der Waals surface area contributed by atoms with Crippen LogP contribution in [0.25, 0.3) is 0 Å². The van der Waals surface area contributed by atoms with Crippen LogP contribution in [0.1, 0.15) is 31.4 Å². The highest BCUT2D eigenvalue weighted by Crippen LogP contribution is 2.18. The summed E-state index contributed by atoms with van der Waals surface area (Å²) in [4.78, 5) is 10.2. The van der Waals surface area contributed by atoms with Crippen molar-refractivity contribution >= 4 is 6.41 Å². The van der Waals surface area contributed by atoms with Crippen LogP contribution in [-0.4, -0.2) is 13.0 Å². The summed E-state index contributed by atoms with van der Waals surface area (Å²) >= 11 is 0. The molecular weight excluding hydrogens is 214 g/mol. The van der Waals surface area contributed by atoms with Gasteiger partial charge in [-0.15, -0.1) is 0 Å². The van der Waals surface area contributed by atoms with Gasteiger partial charge in [0.1, 0.15) is 5.75 Å². The summed E-state index contributed by atoms with van der Waals surface area (Å²) < 4.78 is 5.71.